The molecule has 0 saturated carbocycles. The van der Waals surface area contributed by atoms with Crippen molar-refractivity contribution in [2.45, 2.75) is 0 Å². The number of aromatic nitrogens is 1. The Kier molecular flexibility index (Phi) is 4.57. The predicted octanol–water partition coefficient (Wildman–Crippen LogP) is 4.89. The Bertz CT molecular complexity index is 918. The number of para-hydroxylation sites is 1. The Balaban J connectivity index is 1.78. The van der Waals surface area contributed by atoms with Crippen molar-refractivity contribution in [2.24, 2.45) is 5.10 Å². The zero-order chi connectivity index (χ0) is 16.4. The van der Waals surface area contributed by atoms with Crippen LogP contribution in [0.2, 0.25) is 15.1 Å². The molecule has 0 aliphatic heterocycles. The third-order valence-corrected chi connectivity index (χ3v) is 4.28. The first-order valence-electron chi connectivity index (χ1n) is 6.60. The summed E-state index contributed by atoms with van der Waals surface area (Å²) >= 11 is 17.7. The van der Waals surface area contributed by atoms with Crippen LogP contribution in [-0.4, -0.2) is 17.1 Å². The second-order valence-corrected chi connectivity index (χ2v) is 5.96. The molecule has 0 saturated heterocycles. The minimum atomic E-state index is -0.468. The molecule has 2 aromatic carbocycles. The molecule has 0 radical (unpaired) electrons. The van der Waals surface area contributed by atoms with Crippen LogP contribution in [0.4, 0.5) is 0 Å². The van der Waals surface area contributed by atoms with Crippen molar-refractivity contribution < 1.29 is 4.79 Å². The van der Waals surface area contributed by atoms with Gasteiger partial charge in [0.2, 0.25) is 0 Å². The molecule has 3 rings (SSSR count). The van der Waals surface area contributed by atoms with Gasteiger partial charge >= 0.3 is 0 Å². The SMILES string of the molecule is O=C(N/N=C/c1c[nH]c2ccccc12)c1cc(Cl)c(Cl)cc1Cl. The maximum Gasteiger partial charge on any atom is 0.272 e. The van der Waals surface area contributed by atoms with E-state index in [-0.39, 0.29) is 20.6 Å². The maximum absolute atomic E-state index is 12.1. The highest BCUT2D eigenvalue weighted by molar-refractivity contribution is 6.44. The second-order valence-electron chi connectivity index (χ2n) is 4.73. The molecule has 3 aromatic rings. The number of benzene rings is 2. The van der Waals surface area contributed by atoms with Gasteiger partial charge in [0.15, 0.2) is 0 Å². The zero-order valence-corrected chi connectivity index (χ0v) is 13.9. The molecule has 0 spiro atoms. The smallest absolute Gasteiger partial charge is 0.272 e. The maximum atomic E-state index is 12.1. The van der Waals surface area contributed by atoms with Crippen molar-refractivity contribution in [3.8, 4) is 0 Å². The van der Waals surface area contributed by atoms with Gasteiger partial charge in [0.25, 0.3) is 5.91 Å². The first kappa shape index (κ1) is 15.9. The number of fused-ring (bicyclic) bond motifs is 1. The third kappa shape index (κ3) is 3.34. The number of amides is 1. The lowest BCUT2D eigenvalue weighted by Gasteiger charge is -2.04. The normalized spacial score (nSPS) is 11.3. The molecule has 0 bridgehead atoms. The second kappa shape index (κ2) is 6.62. The molecular weight excluding hydrogens is 357 g/mol. The largest absolute Gasteiger partial charge is 0.361 e. The van der Waals surface area contributed by atoms with Crippen LogP contribution >= 0.6 is 34.8 Å². The van der Waals surface area contributed by atoms with Gasteiger partial charge in [-0.2, -0.15) is 5.10 Å². The molecule has 0 fully saturated rings. The highest BCUT2D eigenvalue weighted by atomic mass is 35.5. The van der Waals surface area contributed by atoms with Crippen LogP contribution in [0.3, 0.4) is 0 Å². The molecule has 4 nitrogen and oxygen atoms in total. The topological polar surface area (TPSA) is 57.2 Å². The van der Waals surface area contributed by atoms with Crippen LogP contribution in [0.1, 0.15) is 15.9 Å². The van der Waals surface area contributed by atoms with Crippen molar-refractivity contribution in [3.63, 3.8) is 0 Å². The lowest BCUT2D eigenvalue weighted by atomic mass is 10.2. The van der Waals surface area contributed by atoms with E-state index in [1.54, 1.807) is 6.21 Å². The molecule has 0 aliphatic rings. The van der Waals surface area contributed by atoms with Crippen molar-refractivity contribution in [3.05, 3.63) is 68.8 Å². The van der Waals surface area contributed by atoms with E-state index in [2.05, 4.69) is 15.5 Å². The summed E-state index contributed by atoms with van der Waals surface area (Å²) in [5.41, 5.74) is 4.48. The number of rotatable bonds is 3. The summed E-state index contributed by atoms with van der Waals surface area (Å²) in [6, 6.07) is 10.6. The fourth-order valence-electron chi connectivity index (χ4n) is 2.12. The average Bonchev–Trinajstić information content (AvgIpc) is 2.94. The monoisotopic (exact) mass is 365 g/mol. The van der Waals surface area contributed by atoms with Crippen molar-refractivity contribution in [2.75, 3.05) is 0 Å². The van der Waals surface area contributed by atoms with Crippen molar-refractivity contribution in [1.29, 1.82) is 0 Å². The Hall–Kier alpha value is -2.01. The highest BCUT2D eigenvalue weighted by Gasteiger charge is 2.12. The quantitative estimate of drug-likeness (QED) is 0.387. The molecule has 0 atom stereocenters. The summed E-state index contributed by atoms with van der Waals surface area (Å²) in [6.45, 7) is 0. The van der Waals surface area contributed by atoms with E-state index < -0.39 is 5.91 Å². The Labute approximate surface area is 147 Å². The Morgan fingerprint density at radius 1 is 1.09 bits per heavy atom. The molecule has 0 aliphatic carbocycles. The van der Waals surface area contributed by atoms with Crippen LogP contribution in [0.25, 0.3) is 10.9 Å². The highest BCUT2D eigenvalue weighted by Crippen LogP contribution is 2.28. The van der Waals surface area contributed by atoms with Crippen molar-refractivity contribution >= 4 is 57.8 Å². The Morgan fingerprint density at radius 2 is 1.83 bits per heavy atom. The number of carbonyl (C=O) groups is 1. The van der Waals surface area contributed by atoms with E-state index in [0.717, 1.165) is 16.5 Å². The van der Waals surface area contributed by atoms with E-state index in [1.807, 2.05) is 30.5 Å². The lowest BCUT2D eigenvalue weighted by molar-refractivity contribution is 0.0955. The van der Waals surface area contributed by atoms with Gasteiger partial charge in [-0.1, -0.05) is 53.0 Å². The number of nitrogens with one attached hydrogen (secondary N) is 2. The number of hydrogen-bond donors (Lipinski definition) is 2. The number of H-pyrrole nitrogens is 1. The van der Waals surface area contributed by atoms with Crippen LogP contribution < -0.4 is 5.43 Å². The molecular formula is C16H10Cl3N3O. The number of hydrazone groups is 1. The van der Waals surface area contributed by atoms with Crippen LogP contribution in [-0.2, 0) is 0 Å². The third-order valence-electron chi connectivity index (χ3n) is 3.25. The first-order chi connectivity index (χ1) is 11.1. The lowest BCUT2D eigenvalue weighted by Crippen LogP contribution is -2.18. The van der Waals surface area contributed by atoms with E-state index in [9.17, 15) is 4.79 Å². The van der Waals surface area contributed by atoms with E-state index in [1.165, 1.54) is 12.1 Å². The number of hydrogen-bond acceptors (Lipinski definition) is 2. The standard InChI is InChI=1S/C16H10Cl3N3O/c17-12-6-14(19)13(18)5-11(12)16(23)22-21-8-9-7-20-15-4-2-1-3-10(9)15/h1-8,20H,(H,22,23)/b21-8+. The van der Waals surface area contributed by atoms with Crippen molar-refractivity contribution in [1.82, 2.24) is 10.4 Å². The van der Waals surface area contributed by atoms with E-state index in [4.69, 9.17) is 34.8 Å². The number of carbonyl (C=O) groups excluding carboxylic acids is 1. The van der Waals surface area contributed by atoms with Crippen LogP contribution in [0.5, 0.6) is 0 Å². The van der Waals surface area contributed by atoms with E-state index >= 15 is 0 Å². The van der Waals surface area contributed by atoms with Gasteiger partial charge in [-0.25, -0.2) is 5.43 Å². The summed E-state index contributed by atoms with van der Waals surface area (Å²) in [4.78, 5) is 15.2. The number of halogens is 3. The molecule has 7 heteroatoms. The van der Waals surface area contributed by atoms with Gasteiger partial charge in [0.1, 0.15) is 0 Å². The summed E-state index contributed by atoms with van der Waals surface area (Å²) in [5, 5.41) is 5.71. The molecule has 23 heavy (non-hydrogen) atoms. The van der Waals surface area contributed by atoms with Gasteiger partial charge in [0, 0.05) is 22.7 Å². The van der Waals surface area contributed by atoms with Gasteiger partial charge in [0.05, 0.1) is 26.8 Å². The predicted molar refractivity (Wildman–Crippen MR) is 94.8 cm³/mol. The molecule has 1 amide bonds. The van der Waals surface area contributed by atoms with Crippen LogP contribution in [0, 0.1) is 0 Å². The van der Waals surface area contributed by atoms with Gasteiger partial charge in [-0.3, -0.25) is 4.79 Å². The van der Waals surface area contributed by atoms with E-state index in [0.29, 0.717) is 0 Å². The molecule has 0 unspecified atom stereocenters. The number of aromatic amines is 1. The molecule has 1 heterocycles. The minimum absolute atomic E-state index is 0.206. The fourth-order valence-corrected chi connectivity index (χ4v) is 2.75. The molecule has 116 valence electrons. The first-order valence-corrected chi connectivity index (χ1v) is 7.73. The molecule has 2 N–H and O–H groups in total. The summed E-state index contributed by atoms with van der Waals surface area (Å²) in [6.07, 6.45) is 3.37. The molecule has 1 aromatic heterocycles. The Morgan fingerprint density at radius 3 is 2.65 bits per heavy atom. The van der Waals surface area contributed by atoms with Gasteiger partial charge in [-0.15, -0.1) is 0 Å². The van der Waals surface area contributed by atoms with Gasteiger partial charge in [-0.05, 0) is 18.2 Å². The zero-order valence-electron chi connectivity index (χ0n) is 11.6. The summed E-state index contributed by atoms with van der Waals surface area (Å²) in [7, 11) is 0. The summed E-state index contributed by atoms with van der Waals surface area (Å²) in [5.74, 6) is -0.468. The summed E-state index contributed by atoms with van der Waals surface area (Å²) < 4.78 is 0. The van der Waals surface area contributed by atoms with Gasteiger partial charge < -0.3 is 4.98 Å². The van der Waals surface area contributed by atoms with Crippen LogP contribution in [0.15, 0.2) is 47.7 Å². The average molecular weight is 367 g/mol. The fraction of sp³-hybridized carbons (Fsp3) is 0. The number of nitrogens with zero attached hydrogens (tertiary/aromatic N) is 1. The minimum Gasteiger partial charge on any atom is -0.361 e.